The van der Waals surface area contributed by atoms with Crippen LogP contribution in [0.1, 0.15) is 24.5 Å². The summed E-state index contributed by atoms with van der Waals surface area (Å²) in [6.07, 6.45) is 1.18. The van der Waals surface area contributed by atoms with Crippen molar-refractivity contribution in [3.05, 3.63) is 53.6 Å². The van der Waals surface area contributed by atoms with Crippen LogP contribution in [0, 0.1) is 5.92 Å². The molecule has 28 heavy (non-hydrogen) atoms. The van der Waals surface area contributed by atoms with Crippen LogP contribution in [0.2, 0.25) is 0 Å². The zero-order chi connectivity index (χ0) is 20.1. The maximum atomic E-state index is 12.6. The van der Waals surface area contributed by atoms with Gasteiger partial charge in [0.25, 0.3) is 0 Å². The molecule has 148 valence electrons. The van der Waals surface area contributed by atoms with Gasteiger partial charge in [-0.15, -0.1) is 0 Å². The van der Waals surface area contributed by atoms with E-state index in [2.05, 4.69) is 12.2 Å². The summed E-state index contributed by atoms with van der Waals surface area (Å²) in [5.74, 6) is 0.778. The standard InChI is InChI=1S/C22H26N2O4/c1-4-15-5-8-18(9-6-15)24-14-17(12-21(24)25)22(26)23-13-16-7-10-19(27-2)20(11-16)28-3/h5-11,17H,4,12-14H2,1-3H3,(H,23,26)/t17-/m1/s1. The molecule has 1 heterocycles. The van der Waals surface area contributed by atoms with E-state index in [0.29, 0.717) is 24.6 Å². The van der Waals surface area contributed by atoms with E-state index < -0.39 is 0 Å². The fourth-order valence-electron chi connectivity index (χ4n) is 3.37. The molecule has 1 fully saturated rings. The average Bonchev–Trinajstić information content (AvgIpc) is 3.13. The maximum Gasteiger partial charge on any atom is 0.227 e. The summed E-state index contributed by atoms with van der Waals surface area (Å²) in [5.41, 5.74) is 2.97. The van der Waals surface area contributed by atoms with E-state index in [4.69, 9.17) is 9.47 Å². The molecule has 6 nitrogen and oxygen atoms in total. The van der Waals surface area contributed by atoms with Gasteiger partial charge in [-0.3, -0.25) is 9.59 Å². The van der Waals surface area contributed by atoms with Crippen LogP contribution in [0.3, 0.4) is 0 Å². The first-order valence-electron chi connectivity index (χ1n) is 9.43. The number of carbonyl (C=O) groups is 2. The lowest BCUT2D eigenvalue weighted by Crippen LogP contribution is -2.32. The second-order valence-electron chi connectivity index (χ2n) is 6.83. The molecule has 2 amide bonds. The molecular weight excluding hydrogens is 356 g/mol. The van der Waals surface area contributed by atoms with Crippen molar-refractivity contribution in [2.24, 2.45) is 5.92 Å². The zero-order valence-electron chi connectivity index (χ0n) is 16.5. The van der Waals surface area contributed by atoms with Crippen molar-refractivity contribution in [2.75, 3.05) is 25.7 Å². The zero-order valence-corrected chi connectivity index (χ0v) is 16.5. The second-order valence-corrected chi connectivity index (χ2v) is 6.83. The highest BCUT2D eigenvalue weighted by molar-refractivity contribution is 6.00. The number of ether oxygens (including phenoxy) is 2. The predicted octanol–water partition coefficient (Wildman–Crippen LogP) is 2.94. The lowest BCUT2D eigenvalue weighted by molar-refractivity contribution is -0.126. The van der Waals surface area contributed by atoms with Crippen molar-refractivity contribution in [3.63, 3.8) is 0 Å². The molecule has 2 aromatic rings. The van der Waals surface area contributed by atoms with Crippen LogP contribution in [-0.2, 0) is 22.6 Å². The molecule has 1 aliphatic heterocycles. The summed E-state index contributed by atoms with van der Waals surface area (Å²) in [5, 5.41) is 2.93. The molecule has 0 radical (unpaired) electrons. The van der Waals surface area contributed by atoms with Gasteiger partial charge in [0.2, 0.25) is 11.8 Å². The van der Waals surface area contributed by atoms with Gasteiger partial charge in [0, 0.05) is 25.2 Å². The van der Waals surface area contributed by atoms with Gasteiger partial charge in [-0.2, -0.15) is 0 Å². The van der Waals surface area contributed by atoms with Gasteiger partial charge in [-0.1, -0.05) is 25.1 Å². The summed E-state index contributed by atoms with van der Waals surface area (Å²) >= 11 is 0. The fraction of sp³-hybridized carbons (Fsp3) is 0.364. The second kappa shape index (κ2) is 8.78. The number of anilines is 1. The highest BCUT2D eigenvalue weighted by atomic mass is 16.5. The van der Waals surface area contributed by atoms with E-state index in [1.165, 1.54) is 5.56 Å². The van der Waals surface area contributed by atoms with Gasteiger partial charge in [-0.25, -0.2) is 0 Å². The Balaban J connectivity index is 1.60. The normalized spacial score (nSPS) is 16.2. The number of hydrogen-bond acceptors (Lipinski definition) is 4. The van der Waals surface area contributed by atoms with E-state index in [1.807, 2.05) is 36.4 Å². The Morgan fingerprint density at radius 3 is 2.39 bits per heavy atom. The lowest BCUT2D eigenvalue weighted by Gasteiger charge is -2.17. The lowest BCUT2D eigenvalue weighted by atomic mass is 10.1. The van der Waals surface area contributed by atoms with Crippen LogP contribution in [0.15, 0.2) is 42.5 Å². The van der Waals surface area contributed by atoms with Crippen molar-refractivity contribution in [1.29, 1.82) is 0 Å². The van der Waals surface area contributed by atoms with E-state index in [0.717, 1.165) is 17.7 Å². The molecule has 1 atom stereocenters. The molecule has 1 saturated heterocycles. The molecule has 0 spiro atoms. The average molecular weight is 382 g/mol. The summed E-state index contributed by atoms with van der Waals surface area (Å²) in [4.78, 5) is 26.7. The van der Waals surface area contributed by atoms with Gasteiger partial charge in [0.05, 0.1) is 20.1 Å². The topological polar surface area (TPSA) is 67.9 Å². The minimum atomic E-state index is -0.349. The first-order chi connectivity index (χ1) is 13.5. The largest absolute Gasteiger partial charge is 0.493 e. The Bertz CT molecular complexity index is 848. The number of nitrogens with zero attached hydrogens (tertiary/aromatic N) is 1. The summed E-state index contributed by atoms with van der Waals surface area (Å²) < 4.78 is 10.5. The maximum absolute atomic E-state index is 12.6. The first kappa shape index (κ1) is 19.7. The number of amides is 2. The molecule has 0 aromatic heterocycles. The predicted molar refractivity (Wildman–Crippen MR) is 108 cm³/mol. The number of hydrogen-bond donors (Lipinski definition) is 1. The fourth-order valence-corrected chi connectivity index (χ4v) is 3.37. The molecule has 2 aromatic carbocycles. The van der Waals surface area contributed by atoms with E-state index in [9.17, 15) is 9.59 Å². The minimum absolute atomic E-state index is 0.0180. The van der Waals surface area contributed by atoms with Crippen molar-refractivity contribution in [2.45, 2.75) is 26.3 Å². The Kier molecular flexibility index (Phi) is 6.19. The van der Waals surface area contributed by atoms with Gasteiger partial charge >= 0.3 is 0 Å². The molecule has 1 aliphatic rings. The Hall–Kier alpha value is -3.02. The van der Waals surface area contributed by atoms with Gasteiger partial charge in [0.15, 0.2) is 11.5 Å². The van der Waals surface area contributed by atoms with E-state index >= 15 is 0 Å². The number of rotatable bonds is 7. The first-order valence-corrected chi connectivity index (χ1v) is 9.43. The van der Waals surface area contributed by atoms with Crippen molar-refractivity contribution < 1.29 is 19.1 Å². The molecule has 6 heteroatoms. The number of nitrogens with one attached hydrogen (secondary N) is 1. The van der Waals surface area contributed by atoms with Crippen LogP contribution in [0.25, 0.3) is 0 Å². The Labute approximate surface area is 165 Å². The molecule has 0 aliphatic carbocycles. The Morgan fingerprint density at radius 2 is 1.75 bits per heavy atom. The Morgan fingerprint density at radius 1 is 1.07 bits per heavy atom. The highest BCUT2D eigenvalue weighted by Crippen LogP contribution is 2.28. The summed E-state index contributed by atoms with van der Waals surface area (Å²) in [7, 11) is 3.16. The van der Waals surface area contributed by atoms with Crippen molar-refractivity contribution in [1.82, 2.24) is 5.32 Å². The van der Waals surface area contributed by atoms with Gasteiger partial charge in [0.1, 0.15) is 0 Å². The van der Waals surface area contributed by atoms with Gasteiger partial charge < -0.3 is 19.7 Å². The third-order valence-electron chi connectivity index (χ3n) is 5.07. The third kappa shape index (κ3) is 4.27. The molecule has 1 N–H and O–H groups in total. The quantitative estimate of drug-likeness (QED) is 0.800. The summed E-state index contributed by atoms with van der Waals surface area (Å²) in [6.45, 7) is 2.87. The molecular formula is C22H26N2O4. The van der Waals surface area contributed by atoms with Crippen LogP contribution in [0.4, 0.5) is 5.69 Å². The van der Waals surface area contributed by atoms with Crippen molar-refractivity contribution >= 4 is 17.5 Å². The third-order valence-corrected chi connectivity index (χ3v) is 5.07. The van der Waals surface area contributed by atoms with Crippen LogP contribution in [-0.4, -0.2) is 32.6 Å². The van der Waals surface area contributed by atoms with Crippen molar-refractivity contribution in [3.8, 4) is 11.5 Å². The van der Waals surface area contributed by atoms with Crippen LogP contribution in [0.5, 0.6) is 11.5 Å². The SMILES string of the molecule is CCc1ccc(N2C[C@H](C(=O)NCc3ccc(OC)c(OC)c3)CC2=O)cc1. The highest BCUT2D eigenvalue weighted by Gasteiger charge is 2.34. The minimum Gasteiger partial charge on any atom is -0.493 e. The van der Waals surface area contributed by atoms with Crippen LogP contribution < -0.4 is 19.7 Å². The van der Waals surface area contributed by atoms with E-state index in [-0.39, 0.29) is 24.2 Å². The molecule has 3 rings (SSSR count). The molecule has 0 unspecified atom stereocenters. The number of aryl methyl sites for hydroxylation is 1. The van der Waals surface area contributed by atoms with E-state index in [1.54, 1.807) is 25.2 Å². The molecule has 0 saturated carbocycles. The van der Waals surface area contributed by atoms with Crippen LogP contribution >= 0.6 is 0 Å². The molecule has 0 bridgehead atoms. The van der Waals surface area contributed by atoms with Gasteiger partial charge in [-0.05, 0) is 41.8 Å². The monoisotopic (exact) mass is 382 g/mol. The number of methoxy groups -OCH3 is 2. The smallest absolute Gasteiger partial charge is 0.227 e. The number of benzene rings is 2. The summed E-state index contributed by atoms with van der Waals surface area (Å²) in [6, 6.07) is 13.5. The number of carbonyl (C=O) groups excluding carboxylic acids is 2.